The summed E-state index contributed by atoms with van der Waals surface area (Å²) in [5.74, 6) is 0.845. The molecular formula is C25H25N3O4. The maximum atomic E-state index is 13.1. The normalized spacial score (nSPS) is 14.5. The lowest BCUT2D eigenvalue weighted by molar-refractivity contribution is -0.130. The van der Waals surface area contributed by atoms with Crippen LogP contribution in [0.3, 0.4) is 0 Å². The lowest BCUT2D eigenvalue weighted by Gasteiger charge is -2.35. The van der Waals surface area contributed by atoms with Crippen molar-refractivity contribution in [2.45, 2.75) is 27.2 Å². The standard InChI is InChI=1S/C25H25N3O4/c1-15-12-19-23(24-22(15)16(2)14-31-24)17(3)18(25(30)32-19)13-21(29)28-10-8-27(9-11-28)20-6-4-5-7-26-20/h4-7,12,14H,8-11,13H2,1-3H3. The molecule has 0 saturated carbocycles. The molecule has 1 aliphatic rings. The molecule has 1 fully saturated rings. The number of furan rings is 1. The van der Waals surface area contributed by atoms with Gasteiger partial charge in [-0.2, -0.15) is 0 Å². The van der Waals surface area contributed by atoms with Gasteiger partial charge < -0.3 is 18.6 Å². The second-order valence-electron chi connectivity index (χ2n) is 8.42. The Hall–Kier alpha value is -3.61. The summed E-state index contributed by atoms with van der Waals surface area (Å²) >= 11 is 0. The molecule has 0 atom stereocenters. The van der Waals surface area contributed by atoms with E-state index in [9.17, 15) is 9.59 Å². The molecule has 0 radical (unpaired) electrons. The van der Waals surface area contributed by atoms with E-state index >= 15 is 0 Å². The minimum atomic E-state index is -0.461. The van der Waals surface area contributed by atoms with E-state index in [1.54, 1.807) is 12.5 Å². The summed E-state index contributed by atoms with van der Waals surface area (Å²) in [5, 5.41) is 1.79. The number of benzene rings is 1. The number of carbonyl (C=O) groups is 1. The highest BCUT2D eigenvalue weighted by Crippen LogP contribution is 2.34. The zero-order valence-corrected chi connectivity index (χ0v) is 18.5. The van der Waals surface area contributed by atoms with Gasteiger partial charge in [0.2, 0.25) is 5.91 Å². The monoisotopic (exact) mass is 431 g/mol. The van der Waals surface area contributed by atoms with Gasteiger partial charge in [-0.3, -0.25) is 4.79 Å². The minimum absolute atomic E-state index is 0.0166. The van der Waals surface area contributed by atoms with Crippen molar-refractivity contribution in [3.63, 3.8) is 0 Å². The van der Waals surface area contributed by atoms with E-state index < -0.39 is 5.63 Å². The van der Waals surface area contributed by atoms with Crippen LogP contribution in [0, 0.1) is 20.8 Å². The Morgan fingerprint density at radius 3 is 2.56 bits per heavy atom. The maximum absolute atomic E-state index is 13.1. The highest BCUT2D eigenvalue weighted by atomic mass is 16.4. The van der Waals surface area contributed by atoms with E-state index in [-0.39, 0.29) is 12.3 Å². The first-order valence-corrected chi connectivity index (χ1v) is 10.8. The van der Waals surface area contributed by atoms with Gasteiger partial charge >= 0.3 is 5.63 Å². The van der Waals surface area contributed by atoms with Gasteiger partial charge in [0, 0.05) is 37.8 Å². The SMILES string of the molecule is Cc1coc2c1c(C)cc1oc(=O)c(CC(=O)N3CCN(c4ccccn4)CC3)c(C)c12. The first-order valence-electron chi connectivity index (χ1n) is 10.8. The Morgan fingerprint density at radius 2 is 1.84 bits per heavy atom. The summed E-state index contributed by atoms with van der Waals surface area (Å²) in [7, 11) is 0. The molecule has 7 heteroatoms. The zero-order valence-electron chi connectivity index (χ0n) is 18.5. The van der Waals surface area contributed by atoms with Gasteiger partial charge in [-0.15, -0.1) is 0 Å². The van der Waals surface area contributed by atoms with Gasteiger partial charge in [0.15, 0.2) is 0 Å². The molecular weight excluding hydrogens is 406 g/mol. The van der Waals surface area contributed by atoms with Gasteiger partial charge in [0.05, 0.1) is 23.6 Å². The predicted octanol–water partition coefficient (Wildman–Crippen LogP) is 3.75. The summed E-state index contributed by atoms with van der Waals surface area (Å²) < 4.78 is 11.5. The van der Waals surface area contributed by atoms with Gasteiger partial charge in [0.1, 0.15) is 17.0 Å². The van der Waals surface area contributed by atoms with E-state index in [2.05, 4.69) is 9.88 Å². The molecule has 32 heavy (non-hydrogen) atoms. The van der Waals surface area contributed by atoms with Crippen LogP contribution in [0.15, 0.2) is 50.4 Å². The molecule has 5 rings (SSSR count). The van der Waals surface area contributed by atoms with Gasteiger partial charge in [-0.25, -0.2) is 9.78 Å². The molecule has 164 valence electrons. The molecule has 0 aliphatic carbocycles. The molecule has 0 N–H and O–H groups in total. The predicted molar refractivity (Wildman–Crippen MR) is 123 cm³/mol. The third-order valence-corrected chi connectivity index (χ3v) is 6.40. The first-order chi connectivity index (χ1) is 15.4. The van der Waals surface area contributed by atoms with Crippen molar-refractivity contribution in [3.8, 4) is 0 Å². The van der Waals surface area contributed by atoms with Crippen molar-refractivity contribution in [3.05, 3.63) is 69.4 Å². The summed E-state index contributed by atoms with van der Waals surface area (Å²) in [6.45, 7) is 8.44. The Labute approximate surface area is 185 Å². The number of hydrogen-bond acceptors (Lipinski definition) is 6. The Morgan fingerprint density at radius 1 is 1.06 bits per heavy atom. The van der Waals surface area contributed by atoms with E-state index in [1.165, 1.54) is 0 Å². The number of amides is 1. The number of aromatic nitrogens is 1. The number of anilines is 1. The van der Waals surface area contributed by atoms with E-state index in [0.717, 1.165) is 33.3 Å². The highest BCUT2D eigenvalue weighted by molar-refractivity contribution is 6.07. The average molecular weight is 431 g/mol. The first kappa shape index (κ1) is 20.3. The summed E-state index contributed by atoms with van der Waals surface area (Å²) in [6, 6.07) is 7.69. The van der Waals surface area contributed by atoms with Crippen molar-refractivity contribution in [2.24, 2.45) is 0 Å². The van der Waals surface area contributed by atoms with Crippen LogP contribution in [0.2, 0.25) is 0 Å². The van der Waals surface area contributed by atoms with E-state index in [1.807, 2.05) is 49.9 Å². The van der Waals surface area contributed by atoms with Crippen molar-refractivity contribution in [1.82, 2.24) is 9.88 Å². The quantitative estimate of drug-likeness (QED) is 0.460. The van der Waals surface area contributed by atoms with Crippen LogP contribution in [0.4, 0.5) is 5.82 Å². The van der Waals surface area contributed by atoms with Gasteiger partial charge in [-0.1, -0.05) is 6.07 Å². The summed E-state index contributed by atoms with van der Waals surface area (Å²) in [6.07, 6.45) is 3.50. The molecule has 7 nitrogen and oxygen atoms in total. The zero-order chi connectivity index (χ0) is 22.4. The maximum Gasteiger partial charge on any atom is 0.340 e. The Bertz CT molecular complexity index is 1380. The van der Waals surface area contributed by atoms with Crippen LogP contribution in [0.25, 0.3) is 21.9 Å². The molecule has 4 aromatic rings. The number of carbonyl (C=O) groups excluding carboxylic acids is 1. The molecule has 0 bridgehead atoms. The van der Waals surface area contributed by atoms with Crippen LogP contribution in [-0.2, 0) is 11.2 Å². The third kappa shape index (κ3) is 3.34. The molecule has 0 spiro atoms. The third-order valence-electron chi connectivity index (χ3n) is 6.40. The number of pyridine rings is 1. The van der Waals surface area contributed by atoms with Crippen LogP contribution in [0.1, 0.15) is 22.3 Å². The number of nitrogens with zero attached hydrogens (tertiary/aromatic N) is 3. The number of aryl methyl sites for hydroxylation is 3. The fraction of sp³-hybridized carbons (Fsp3) is 0.320. The topological polar surface area (TPSA) is 79.8 Å². The molecule has 4 heterocycles. The number of fused-ring (bicyclic) bond motifs is 3. The van der Waals surface area contributed by atoms with Gasteiger partial charge in [-0.05, 0) is 55.7 Å². The molecule has 1 amide bonds. The molecule has 1 aromatic carbocycles. The van der Waals surface area contributed by atoms with Gasteiger partial charge in [0.25, 0.3) is 0 Å². The number of hydrogen-bond donors (Lipinski definition) is 0. The van der Waals surface area contributed by atoms with Crippen LogP contribution < -0.4 is 10.5 Å². The van der Waals surface area contributed by atoms with Crippen molar-refractivity contribution in [1.29, 1.82) is 0 Å². The summed E-state index contributed by atoms with van der Waals surface area (Å²) in [4.78, 5) is 34.2. The number of piperazine rings is 1. The second-order valence-corrected chi connectivity index (χ2v) is 8.42. The van der Waals surface area contributed by atoms with E-state index in [4.69, 9.17) is 8.83 Å². The average Bonchev–Trinajstić information content (AvgIpc) is 3.19. The molecule has 0 unspecified atom stereocenters. The van der Waals surface area contributed by atoms with Crippen molar-refractivity contribution >= 4 is 33.7 Å². The summed E-state index contributed by atoms with van der Waals surface area (Å²) in [5.41, 5.74) is 3.91. The Kier molecular flexibility index (Phi) is 4.96. The lowest BCUT2D eigenvalue weighted by atomic mass is 9.98. The second kappa shape index (κ2) is 7.82. The lowest BCUT2D eigenvalue weighted by Crippen LogP contribution is -2.49. The molecule has 1 aliphatic heterocycles. The Balaban J connectivity index is 1.42. The fourth-order valence-electron chi connectivity index (χ4n) is 4.67. The van der Waals surface area contributed by atoms with E-state index in [0.29, 0.717) is 42.9 Å². The highest BCUT2D eigenvalue weighted by Gasteiger charge is 2.25. The molecule has 3 aromatic heterocycles. The molecule has 1 saturated heterocycles. The van der Waals surface area contributed by atoms with Crippen molar-refractivity contribution in [2.75, 3.05) is 31.1 Å². The largest absolute Gasteiger partial charge is 0.463 e. The fourth-order valence-corrected chi connectivity index (χ4v) is 4.67. The van der Waals surface area contributed by atoms with Crippen LogP contribution in [0.5, 0.6) is 0 Å². The van der Waals surface area contributed by atoms with Crippen LogP contribution in [-0.4, -0.2) is 42.0 Å². The number of rotatable bonds is 3. The smallest absolute Gasteiger partial charge is 0.340 e. The van der Waals surface area contributed by atoms with Crippen LogP contribution >= 0.6 is 0 Å². The minimum Gasteiger partial charge on any atom is -0.463 e. The van der Waals surface area contributed by atoms with Crippen molar-refractivity contribution < 1.29 is 13.6 Å².